The number of nitrogens with zero attached hydrogens (tertiary/aromatic N) is 3. The third-order valence-electron chi connectivity index (χ3n) is 4.82. The highest BCUT2D eigenvalue weighted by atomic mass is 32.2. The van der Waals surface area contributed by atoms with Crippen molar-refractivity contribution in [1.29, 1.82) is 0 Å². The molecule has 0 spiro atoms. The molecular weight excluding hydrogens is 400 g/mol. The van der Waals surface area contributed by atoms with E-state index in [4.69, 9.17) is 9.47 Å². The number of aromatic nitrogens is 3. The summed E-state index contributed by atoms with van der Waals surface area (Å²) < 4.78 is 12.6. The van der Waals surface area contributed by atoms with Gasteiger partial charge in [0.15, 0.2) is 10.8 Å². The summed E-state index contributed by atoms with van der Waals surface area (Å²) in [4.78, 5) is 12.4. The second-order valence-electron chi connectivity index (χ2n) is 6.73. The zero-order valence-electron chi connectivity index (χ0n) is 17.0. The molecule has 0 aliphatic heterocycles. The Balaban J connectivity index is 1.45. The Kier molecular flexibility index (Phi) is 5.76. The van der Waals surface area contributed by atoms with Gasteiger partial charge in [-0.3, -0.25) is 9.20 Å². The van der Waals surface area contributed by atoms with E-state index in [9.17, 15) is 4.79 Å². The molecule has 1 N–H and O–H groups in total. The van der Waals surface area contributed by atoms with Crippen LogP contribution in [-0.4, -0.2) is 40.5 Å². The fourth-order valence-electron chi connectivity index (χ4n) is 3.32. The molecule has 0 unspecified atom stereocenters. The van der Waals surface area contributed by atoms with E-state index in [-0.39, 0.29) is 5.91 Å². The Morgan fingerprint density at radius 1 is 1.10 bits per heavy atom. The van der Waals surface area contributed by atoms with E-state index in [1.165, 1.54) is 11.8 Å². The lowest BCUT2D eigenvalue weighted by Gasteiger charge is -2.11. The van der Waals surface area contributed by atoms with Crippen molar-refractivity contribution in [1.82, 2.24) is 14.6 Å². The van der Waals surface area contributed by atoms with Crippen LogP contribution in [0.3, 0.4) is 0 Å². The number of para-hydroxylation sites is 1. The van der Waals surface area contributed by atoms with E-state index >= 15 is 0 Å². The van der Waals surface area contributed by atoms with Crippen LogP contribution in [0.5, 0.6) is 11.5 Å². The van der Waals surface area contributed by atoms with E-state index in [0.717, 1.165) is 27.3 Å². The molecule has 30 heavy (non-hydrogen) atoms. The summed E-state index contributed by atoms with van der Waals surface area (Å²) in [6, 6.07) is 15.5. The molecule has 7 nitrogen and oxygen atoms in total. The highest BCUT2D eigenvalue weighted by Crippen LogP contribution is 2.30. The molecule has 0 bridgehead atoms. The number of anilines is 1. The van der Waals surface area contributed by atoms with Gasteiger partial charge in [0.2, 0.25) is 5.91 Å². The molecule has 4 rings (SSSR count). The van der Waals surface area contributed by atoms with Crippen LogP contribution in [0, 0.1) is 6.92 Å². The first kappa shape index (κ1) is 20.0. The molecule has 2 aromatic carbocycles. The van der Waals surface area contributed by atoms with Crippen LogP contribution in [0.25, 0.3) is 16.6 Å². The average Bonchev–Trinajstić information content (AvgIpc) is 3.17. The zero-order valence-corrected chi connectivity index (χ0v) is 17.8. The lowest BCUT2D eigenvalue weighted by Crippen LogP contribution is -2.13. The molecule has 2 aromatic heterocycles. The van der Waals surface area contributed by atoms with E-state index in [0.29, 0.717) is 29.4 Å². The molecule has 8 heteroatoms. The Labute approximate surface area is 178 Å². The molecule has 0 atom stereocenters. The first-order valence-corrected chi connectivity index (χ1v) is 10.5. The maximum atomic E-state index is 12.4. The number of thioether (sulfide) groups is 1. The third kappa shape index (κ3) is 3.91. The van der Waals surface area contributed by atoms with E-state index in [2.05, 4.69) is 34.6 Å². The zero-order chi connectivity index (χ0) is 21.1. The number of carbonyl (C=O) groups is 1. The van der Waals surface area contributed by atoms with Gasteiger partial charge in [0.05, 0.1) is 25.4 Å². The SMILES string of the molecule is COc1ccc(NC(=O)CCSc2nnc3cc(C)c4ccccc4n23)c(OC)c1. The highest BCUT2D eigenvalue weighted by molar-refractivity contribution is 7.99. The minimum atomic E-state index is -0.0968. The monoisotopic (exact) mass is 422 g/mol. The predicted octanol–water partition coefficient (Wildman–Crippen LogP) is 4.33. The lowest BCUT2D eigenvalue weighted by atomic mass is 10.1. The summed E-state index contributed by atoms with van der Waals surface area (Å²) >= 11 is 1.51. The topological polar surface area (TPSA) is 77.8 Å². The summed E-state index contributed by atoms with van der Waals surface area (Å²) in [5.74, 6) is 1.70. The Bertz CT molecular complexity index is 1220. The predicted molar refractivity (Wildman–Crippen MR) is 119 cm³/mol. The van der Waals surface area contributed by atoms with E-state index in [1.54, 1.807) is 32.4 Å². The van der Waals surface area contributed by atoms with Crippen LogP contribution < -0.4 is 14.8 Å². The molecule has 154 valence electrons. The van der Waals surface area contributed by atoms with Crippen molar-refractivity contribution in [3.63, 3.8) is 0 Å². The molecule has 4 aromatic rings. The first-order valence-electron chi connectivity index (χ1n) is 9.49. The van der Waals surface area contributed by atoms with Gasteiger partial charge in [-0.15, -0.1) is 10.2 Å². The van der Waals surface area contributed by atoms with Crippen molar-refractivity contribution >= 4 is 39.9 Å². The van der Waals surface area contributed by atoms with Crippen molar-refractivity contribution in [3.8, 4) is 11.5 Å². The second-order valence-corrected chi connectivity index (χ2v) is 7.80. The number of pyridine rings is 1. The normalized spacial score (nSPS) is 11.0. The molecule has 1 amide bonds. The molecule has 0 radical (unpaired) electrons. The Hall–Kier alpha value is -3.26. The van der Waals surface area contributed by atoms with Gasteiger partial charge in [0.25, 0.3) is 0 Å². The molecular formula is C22H22N4O3S. The smallest absolute Gasteiger partial charge is 0.225 e. The minimum absolute atomic E-state index is 0.0968. The number of ether oxygens (including phenoxy) is 2. The molecule has 2 heterocycles. The second kappa shape index (κ2) is 8.62. The van der Waals surface area contributed by atoms with Gasteiger partial charge in [-0.25, -0.2) is 0 Å². The van der Waals surface area contributed by atoms with Gasteiger partial charge < -0.3 is 14.8 Å². The quantitative estimate of drug-likeness (QED) is 0.447. The van der Waals surface area contributed by atoms with Crippen LogP contribution in [-0.2, 0) is 4.79 Å². The Morgan fingerprint density at radius 2 is 1.93 bits per heavy atom. The highest BCUT2D eigenvalue weighted by Gasteiger charge is 2.13. The number of benzene rings is 2. The van der Waals surface area contributed by atoms with Crippen molar-refractivity contribution in [2.24, 2.45) is 0 Å². The molecule has 0 saturated carbocycles. The number of methoxy groups -OCH3 is 2. The standard InChI is InChI=1S/C22H22N4O3S/c1-14-12-20-24-25-22(26(20)18-7-5-4-6-16(14)18)30-11-10-21(27)23-17-9-8-15(28-2)13-19(17)29-3/h4-9,12-13H,10-11H2,1-3H3,(H,23,27). The van der Waals surface area contributed by atoms with Gasteiger partial charge >= 0.3 is 0 Å². The molecule has 0 saturated heterocycles. The van der Waals surface area contributed by atoms with Gasteiger partial charge in [-0.2, -0.15) is 0 Å². The summed E-state index contributed by atoms with van der Waals surface area (Å²) in [6.07, 6.45) is 0.332. The fourth-order valence-corrected chi connectivity index (χ4v) is 4.21. The number of carbonyl (C=O) groups excluding carboxylic acids is 1. The van der Waals surface area contributed by atoms with Gasteiger partial charge in [0.1, 0.15) is 11.5 Å². The number of aryl methyl sites for hydroxylation is 1. The molecule has 0 aliphatic carbocycles. The minimum Gasteiger partial charge on any atom is -0.497 e. The van der Waals surface area contributed by atoms with Gasteiger partial charge in [0, 0.05) is 23.6 Å². The van der Waals surface area contributed by atoms with Gasteiger partial charge in [-0.1, -0.05) is 30.0 Å². The maximum Gasteiger partial charge on any atom is 0.225 e. The van der Waals surface area contributed by atoms with Crippen LogP contribution in [0.4, 0.5) is 5.69 Å². The van der Waals surface area contributed by atoms with Crippen molar-refractivity contribution in [3.05, 3.63) is 54.1 Å². The summed E-state index contributed by atoms with van der Waals surface area (Å²) in [5.41, 5.74) is 3.64. The number of nitrogens with one attached hydrogen (secondary N) is 1. The average molecular weight is 423 g/mol. The Morgan fingerprint density at radius 3 is 2.73 bits per heavy atom. The number of rotatable bonds is 7. The van der Waals surface area contributed by atoms with Crippen LogP contribution in [0.1, 0.15) is 12.0 Å². The van der Waals surface area contributed by atoms with Crippen molar-refractivity contribution < 1.29 is 14.3 Å². The first-order chi connectivity index (χ1) is 14.6. The van der Waals surface area contributed by atoms with E-state index in [1.807, 2.05) is 22.6 Å². The number of hydrogen-bond acceptors (Lipinski definition) is 6. The van der Waals surface area contributed by atoms with Crippen molar-refractivity contribution in [2.75, 3.05) is 25.3 Å². The summed E-state index contributed by atoms with van der Waals surface area (Å²) in [5, 5.41) is 13.5. The number of fused-ring (bicyclic) bond motifs is 3. The molecule has 0 fully saturated rings. The van der Waals surface area contributed by atoms with Crippen LogP contribution >= 0.6 is 11.8 Å². The van der Waals surface area contributed by atoms with Crippen LogP contribution in [0.2, 0.25) is 0 Å². The number of amides is 1. The van der Waals surface area contributed by atoms with Gasteiger partial charge in [-0.05, 0) is 36.8 Å². The van der Waals surface area contributed by atoms with E-state index < -0.39 is 0 Å². The summed E-state index contributed by atoms with van der Waals surface area (Å²) in [7, 11) is 3.14. The van der Waals surface area contributed by atoms with Crippen molar-refractivity contribution in [2.45, 2.75) is 18.5 Å². The van der Waals surface area contributed by atoms with Crippen LogP contribution in [0.15, 0.2) is 53.7 Å². The largest absolute Gasteiger partial charge is 0.497 e. The maximum absolute atomic E-state index is 12.4. The lowest BCUT2D eigenvalue weighted by molar-refractivity contribution is -0.115. The summed E-state index contributed by atoms with van der Waals surface area (Å²) in [6.45, 7) is 2.07. The number of hydrogen-bond donors (Lipinski definition) is 1. The molecule has 0 aliphatic rings. The third-order valence-corrected chi connectivity index (χ3v) is 5.75. The fraction of sp³-hybridized carbons (Fsp3) is 0.227.